The Kier molecular flexibility index (Phi) is 4.00. The first-order valence-corrected chi connectivity index (χ1v) is 7.79. The van der Waals surface area contributed by atoms with Gasteiger partial charge in [0.25, 0.3) is 0 Å². The second-order valence-corrected chi connectivity index (χ2v) is 6.79. The Hall–Kier alpha value is -1.09. The van der Waals surface area contributed by atoms with E-state index in [0.717, 1.165) is 17.7 Å². The van der Waals surface area contributed by atoms with Crippen LogP contribution in [-0.2, 0) is 9.73 Å². The van der Waals surface area contributed by atoms with Gasteiger partial charge in [0.15, 0.2) is 0 Å². The lowest BCUT2D eigenvalue weighted by Crippen LogP contribution is -2.10. The van der Waals surface area contributed by atoms with E-state index in [-0.39, 0.29) is 0 Å². The zero-order valence-corrected chi connectivity index (χ0v) is 11.1. The molecule has 0 bridgehead atoms. The minimum Gasteiger partial charge on any atom is -0.244 e. The van der Waals surface area contributed by atoms with Crippen LogP contribution in [0, 0.1) is 0 Å². The topological polar surface area (TPSA) is 29.4 Å². The lowest BCUT2D eigenvalue weighted by Gasteiger charge is -2.15. The molecule has 1 atom stereocenters. The van der Waals surface area contributed by atoms with Crippen molar-refractivity contribution in [1.82, 2.24) is 0 Å². The Labute approximate surface area is 104 Å². The number of rotatable bonds is 3. The summed E-state index contributed by atoms with van der Waals surface area (Å²) in [6, 6.07) is 9.63. The maximum absolute atomic E-state index is 12.8. The number of allylic oxidation sites excluding steroid dienone is 1. The molecule has 0 amide bonds. The van der Waals surface area contributed by atoms with Crippen LogP contribution >= 0.6 is 0 Å². The second kappa shape index (κ2) is 5.50. The molecule has 17 heavy (non-hydrogen) atoms. The molecular formula is C14H19NOS. The number of nitrogens with zero attached hydrogens (tertiary/aromatic N) is 1. The van der Waals surface area contributed by atoms with Crippen molar-refractivity contribution in [1.29, 1.82) is 0 Å². The number of benzene rings is 1. The fourth-order valence-corrected chi connectivity index (χ4v) is 4.03. The van der Waals surface area contributed by atoms with E-state index in [2.05, 4.69) is 10.4 Å². The van der Waals surface area contributed by atoms with E-state index >= 15 is 0 Å². The summed E-state index contributed by atoms with van der Waals surface area (Å²) in [7, 11) is -0.583. The molecule has 0 spiro atoms. The highest BCUT2D eigenvalue weighted by Gasteiger charge is 2.15. The highest BCUT2D eigenvalue weighted by atomic mass is 32.2. The van der Waals surface area contributed by atoms with Crippen molar-refractivity contribution in [3.05, 3.63) is 42.0 Å². The molecule has 1 aliphatic rings. The van der Waals surface area contributed by atoms with Gasteiger partial charge in [-0.2, -0.15) is 0 Å². The summed E-state index contributed by atoms with van der Waals surface area (Å²) in [5.74, 6) is 0.605. The molecule has 0 aliphatic heterocycles. The molecule has 0 saturated carbocycles. The quantitative estimate of drug-likeness (QED) is 0.752. The van der Waals surface area contributed by atoms with Gasteiger partial charge in [0.05, 0.1) is 15.5 Å². The van der Waals surface area contributed by atoms with Crippen LogP contribution in [0.5, 0.6) is 0 Å². The molecule has 2 nitrogen and oxygen atoms in total. The van der Waals surface area contributed by atoms with Crippen molar-refractivity contribution in [2.24, 2.45) is 4.36 Å². The van der Waals surface area contributed by atoms with Crippen LogP contribution in [0.1, 0.15) is 25.7 Å². The Morgan fingerprint density at radius 2 is 2.00 bits per heavy atom. The van der Waals surface area contributed by atoms with Gasteiger partial charge in [0, 0.05) is 11.9 Å². The minimum absolute atomic E-state index is 0.605. The van der Waals surface area contributed by atoms with Gasteiger partial charge >= 0.3 is 0 Å². The van der Waals surface area contributed by atoms with Crippen LogP contribution in [-0.4, -0.2) is 17.0 Å². The van der Waals surface area contributed by atoms with Gasteiger partial charge in [-0.25, -0.2) is 8.57 Å². The summed E-state index contributed by atoms with van der Waals surface area (Å²) in [5.41, 5.74) is 1.32. The van der Waals surface area contributed by atoms with E-state index in [1.807, 2.05) is 30.3 Å². The monoisotopic (exact) mass is 249 g/mol. The first-order chi connectivity index (χ1) is 8.24. The Morgan fingerprint density at radius 1 is 1.24 bits per heavy atom. The number of hydrogen-bond donors (Lipinski definition) is 0. The molecule has 1 aliphatic carbocycles. The Morgan fingerprint density at radius 3 is 2.59 bits per heavy atom. The van der Waals surface area contributed by atoms with E-state index in [9.17, 15) is 4.21 Å². The highest BCUT2D eigenvalue weighted by molar-refractivity contribution is 7.93. The molecule has 2 rings (SSSR count). The maximum atomic E-state index is 12.8. The van der Waals surface area contributed by atoms with E-state index in [0.29, 0.717) is 5.75 Å². The summed E-state index contributed by atoms with van der Waals surface area (Å²) in [5, 5.41) is 0. The third-order valence-electron chi connectivity index (χ3n) is 3.17. The predicted molar refractivity (Wildman–Crippen MR) is 72.6 cm³/mol. The van der Waals surface area contributed by atoms with E-state index in [4.69, 9.17) is 0 Å². The SMILES string of the molecule is CN=S(=O)(CC1=CCCCC1)c1ccccc1. The van der Waals surface area contributed by atoms with Crippen molar-refractivity contribution in [2.45, 2.75) is 30.6 Å². The zero-order valence-electron chi connectivity index (χ0n) is 10.3. The normalized spacial score (nSPS) is 19.2. The van der Waals surface area contributed by atoms with Crippen molar-refractivity contribution in [3.8, 4) is 0 Å². The van der Waals surface area contributed by atoms with Crippen LogP contribution in [0.3, 0.4) is 0 Å². The van der Waals surface area contributed by atoms with E-state index in [1.165, 1.54) is 18.4 Å². The summed E-state index contributed by atoms with van der Waals surface area (Å²) < 4.78 is 17.0. The van der Waals surface area contributed by atoms with Crippen molar-refractivity contribution in [2.75, 3.05) is 12.8 Å². The van der Waals surface area contributed by atoms with Gasteiger partial charge in [-0.1, -0.05) is 29.8 Å². The third-order valence-corrected chi connectivity index (χ3v) is 5.53. The molecule has 0 radical (unpaired) electrons. The summed E-state index contributed by atoms with van der Waals surface area (Å²) in [6.07, 6.45) is 6.94. The molecule has 0 saturated heterocycles. The molecule has 1 aromatic rings. The fraction of sp³-hybridized carbons (Fsp3) is 0.429. The summed E-state index contributed by atoms with van der Waals surface area (Å²) in [6.45, 7) is 0. The van der Waals surface area contributed by atoms with Crippen LogP contribution in [0.25, 0.3) is 0 Å². The molecule has 92 valence electrons. The van der Waals surface area contributed by atoms with Gasteiger partial charge < -0.3 is 0 Å². The Balaban J connectivity index is 2.27. The fourth-order valence-electron chi connectivity index (χ4n) is 2.17. The van der Waals surface area contributed by atoms with Gasteiger partial charge in [0.1, 0.15) is 0 Å². The van der Waals surface area contributed by atoms with Gasteiger partial charge in [-0.05, 0) is 37.8 Å². The maximum Gasteiger partial charge on any atom is 0.0788 e. The lowest BCUT2D eigenvalue weighted by atomic mass is 10.0. The molecule has 0 aromatic heterocycles. The first-order valence-electron chi connectivity index (χ1n) is 6.10. The molecular weight excluding hydrogens is 230 g/mol. The Bertz CT molecular complexity index is 510. The molecule has 0 N–H and O–H groups in total. The largest absolute Gasteiger partial charge is 0.244 e. The van der Waals surface area contributed by atoms with Crippen molar-refractivity contribution < 1.29 is 4.21 Å². The van der Waals surface area contributed by atoms with E-state index < -0.39 is 9.73 Å². The van der Waals surface area contributed by atoms with Gasteiger partial charge in [0.2, 0.25) is 0 Å². The van der Waals surface area contributed by atoms with Gasteiger partial charge in [-0.3, -0.25) is 0 Å². The number of hydrogen-bond acceptors (Lipinski definition) is 2. The van der Waals surface area contributed by atoms with Crippen LogP contribution < -0.4 is 0 Å². The van der Waals surface area contributed by atoms with Crippen LogP contribution in [0.4, 0.5) is 0 Å². The predicted octanol–water partition coefficient (Wildman–Crippen LogP) is 3.64. The molecule has 1 aromatic carbocycles. The van der Waals surface area contributed by atoms with Crippen molar-refractivity contribution in [3.63, 3.8) is 0 Å². The average Bonchev–Trinajstić information content (AvgIpc) is 2.41. The first kappa shape index (κ1) is 12.4. The molecule has 1 unspecified atom stereocenters. The zero-order chi connectivity index (χ0) is 12.1. The molecule has 0 heterocycles. The summed E-state index contributed by atoms with van der Waals surface area (Å²) >= 11 is 0. The highest BCUT2D eigenvalue weighted by Crippen LogP contribution is 2.23. The standard InChI is InChI=1S/C14H19NOS/c1-15-17(16,14-10-6-3-7-11-14)12-13-8-4-2-5-9-13/h3,6-8,10-11H,2,4-5,9,12H2,1H3. The van der Waals surface area contributed by atoms with Crippen molar-refractivity contribution >= 4 is 9.73 Å². The average molecular weight is 249 g/mol. The second-order valence-electron chi connectivity index (χ2n) is 4.39. The summed E-state index contributed by atoms with van der Waals surface area (Å²) in [4.78, 5) is 0.856. The molecule has 0 fully saturated rings. The molecule has 3 heteroatoms. The lowest BCUT2D eigenvalue weighted by molar-refractivity contribution is 0.670. The van der Waals surface area contributed by atoms with Crippen LogP contribution in [0.2, 0.25) is 0 Å². The minimum atomic E-state index is -2.25. The smallest absolute Gasteiger partial charge is 0.0788 e. The van der Waals surface area contributed by atoms with E-state index in [1.54, 1.807) is 7.05 Å². The third kappa shape index (κ3) is 2.97. The van der Waals surface area contributed by atoms with Gasteiger partial charge in [-0.15, -0.1) is 0 Å². The van der Waals surface area contributed by atoms with Crippen LogP contribution in [0.15, 0.2) is 51.2 Å².